The van der Waals surface area contributed by atoms with Gasteiger partial charge in [0, 0.05) is 30.4 Å². The first-order valence-corrected chi connectivity index (χ1v) is 6.71. The number of carbonyl (C=O) groups is 1. The Bertz CT molecular complexity index is 442. The number of carboxylic acids is 1. The number of hydrogen-bond acceptors (Lipinski definition) is 3. The van der Waals surface area contributed by atoms with Crippen molar-refractivity contribution < 1.29 is 14.6 Å². The van der Waals surface area contributed by atoms with E-state index in [1.54, 1.807) is 13.2 Å². The molecule has 0 saturated carbocycles. The molecule has 1 aliphatic rings. The minimum atomic E-state index is -0.911. The molecule has 0 radical (unpaired) electrons. The van der Waals surface area contributed by atoms with Crippen molar-refractivity contribution in [2.45, 2.75) is 18.9 Å². The Kier molecular flexibility index (Phi) is 4.24. The van der Waals surface area contributed by atoms with Crippen molar-refractivity contribution in [3.63, 3.8) is 0 Å². The number of carboxylic acid groups (broad SMARTS) is 1. The van der Waals surface area contributed by atoms with E-state index in [-0.39, 0.29) is 0 Å². The van der Waals surface area contributed by atoms with Crippen molar-refractivity contribution in [2.24, 2.45) is 0 Å². The number of nitrogens with zero attached hydrogens (tertiary/aromatic N) is 1. The fraction of sp³-hybridized carbons (Fsp3) is 0.462. The van der Waals surface area contributed by atoms with Crippen LogP contribution in [0.5, 0.6) is 0 Å². The largest absolute Gasteiger partial charge is 0.478 e. The van der Waals surface area contributed by atoms with E-state index in [0.29, 0.717) is 16.1 Å². The quantitative estimate of drug-likeness (QED) is 0.932. The number of hydrogen-bond donors (Lipinski definition) is 1. The Balaban J connectivity index is 2.11. The highest BCUT2D eigenvalue weighted by Crippen LogP contribution is 2.26. The van der Waals surface area contributed by atoms with E-state index in [1.165, 1.54) is 0 Å². The van der Waals surface area contributed by atoms with E-state index in [9.17, 15) is 4.79 Å². The molecule has 1 saturated heterocycles. The molecule has 1 aromatic carbocycles. The van der Waals surface area contributed by atoms with Gasteiger partial charge in [0.15, 0.2) is 0 Å². The highest BCUT2D eigenvalue weighted by molar-refractivity contribution is 9.10. The second-order valence-electron chi connectivity index (χ2n) is 4.39. The fourth-order valence-corrected chi connectivity index (χ4v) is 2.76. The number of anilines is 1. The molecule has 0 aromatic heterocycles. The third-order valence-electron chi connectivity index (χ3n) is 3.32. The molecule has 0 aliphatic carbocycles. The topological polar surface area (TPSA) is 49.8 Å². The average Bonchev–Trinajstić information content (AvgIpc) is 2.38. The molecular formula is C13H16BrNO3. The molecule has 1 heterocycles. The molecule has 2 rings (SSSR count). The highest BCUT2D eigenvalue weighted by atomic mass is 79.9. The summed E-state index contributed by atoms with van der Waals surface area (Å²) in [5.74, 6) is -0.911. The van der Waals surface area contributed by atoms with Gasteiger partial charge in [-0.05, 0) is 47.0 Å². The molecule has 1 N–H and O–H groups in total. The number of rotatable bonds is 3. The van der Waals surface area contributed by atoms with Gasteiger partial charge in [-0.25, -0.2) is 4.79 Å². The zero-order valence-corrected chi connectivity index (χ0v) is 11.8. The lowest BCUT2D eigenvalue weighted by Crippen LogP contribution is -2.36. The lowest BCUT2D eigenvalue weighted by atomic mass is 10.1. The van der Waals surface area contributed by atoms with Crippen molar-refractivity contribution in [2.75, 3.05) is 25.1 Å². The maximum Gasteiger partial charge on any atom is 0.336 e. The van der Waals surface area contributed by atoms with Gasteiger partial charge in [-0.15, -0.1) is 0 Å². The van der Waals surface area contributed by atoms with Crippen LogP contribution >= 0.6 is 15.9 Å². The summed E-state index contributed by atoms with van der Waals surface area (Å²) in [6.45, 7) is 1.88. The Labute approximate surface area is 115 Å². The van der Waals surface area contributed by atoms with Gasteiger partial charge in [-0.2, -0.15) is 0 Å². The molecule has 1 aromatic rings. The zero-order valence-electron chi connectivity index (χ0n) is 10.2. The maximum atomic E-state index is 10.9. The highest BCUT2D eigenvalue weighted by Gasteiger charge is 2.19. The first-order valence-electron chi connectivity index (χ1n) is 5.92. The maximum absolute atomic E-state index is 10.9. The normalized spacial score (nSPS) is 16.9. The summed E-state index contributed by atoms with van der Waals surface area (Å²) in [5, 5.41) is 8.97. The molecule has 98 valence electrons. The smallest absolute Gasteiger partial charge is 0.336 e. The molecule has 0 amide bonds. The number of methoxy groups -OCH3 is 1. The first-order chi connectivity index (χ1) is 8.61. The molecule has 18 heavy (non-hydrogen) atoms. The van der Waals surface area contributed by atoms with Gasteiger partial charge in [0.25, 0.3) is 0 Å². The molecule has 5 heteroatoms. The van der Waals surface area contributed by atoms with Crippen LogP contribution in [-0.4, -0.2) is 37.4 Å². The monoisotopic (exact) mass is 313 g/mol. The van der Waals surface area contributed by atoms with Crippen LogP contribution in [-0.2, 0) is 4.74 Å². The van der Waals surface area contributed by atoms with Gasteiger partial charge in [0.05, 0.1) is 11.7 Å². The zero-order chi connectivity index (χ0) is 13.1. The van der Waals surface area contributed by atoms with Crippen LogP contribution in [0, 0.1) is 0 Å². The number of benzene rings is 1. The van der Waals surface area contributed by atoms with E-state index in [0.717, 1.165) is 31.6 Å². The van der Waals surface area contributed by atoms with Crippen molar-refractivity contribution in [3.8, 4) is 0 Å². The molecule has 0 bridgehead atoms. The molecule has 0 spiro atoms. The van der Waals surface area contributed by atoms with Crippen molar-refractivity contribution in [3.05, 3.63) is 28.2 Å². The summed E-state index contributed by atoms with van der Waals surface area (Å²) in [7, 11) is 1.75. The first kappa shape index (κ1) is 13.4. The van der Waals surface area contributed by atoms with Crippen molar-refractivity contribution in [1.82, 2.24) is 0 Å². The van der Waals surface area contributed by atoms with E-state index in [2.05, 4.69) is 20.8 Å². The van der Waals surface area contributed by atoms with Crippen LogP contribution < -0.4 is 4.90 Å². The Morgan fingerprint density at radius 1 is 1.44 bits per heavy atom. The third kappa shape index (κ3) is 2.84. The van der Waals surface area contributed by atoms with Crippen LogP contribution in [0.2, 0.25) is 0 Å². The number of piperidine rings is 1. The molecule has 1 fully saturated rings. The summed E-state index contributed by atoms with van der Waals surface area (Å²) >= 11 is 3.31. The van der Waals surface area contributed by atoms with Gasteiger partial charge in [0.1, 0.15) is 0 Å². The van der Waals surface area contributed by atoms with Crippen LogP contribution in [0.1, 0.15) is 23.2 Å². The summed E-state index contributed by atoms with van der Waals surface area (Å²) in [6, 6.07) is 5.38. The van der Waals surface area contributed by atoms with Crippen LogP contribution in [0.25, 0.3) is 0 Å². The minimum Gasteiger partial charge on any atom is -0.478 e. The molecule has 1 aliphatic heterocycles. The second-order valence-corrected chi connectivity index (χ2v) is 5.25. The summed E-state index contributed by atoms with van der Waals surface area (Å²) in [5.41, 5.74) is 1.35. The lowest BCUT2D eigenvalue weighted by molar-refractivity contribution is 0.0696. The van der Waals surface area contributed by atoms with Crippen molar-refractivity contribution in [1.29, 1.82) is 0 Å². The van der Waals surface area contributed by atoms with Crippen LogP contribution in [0.3, 0.4) is 0 Å². The minimum absolute atomic E-state index is 0.297. The van der Waals surface area contributed by atoms with Gasteiger partial charge < -0.3 is 14.7 Å². The summed E-state index contributed by atoms with van der Waals surface area (Å²) < 4.78 is 5.96. The van der Waals surface area contributed by atoms with Gasteiger partial charge in [-0.3, -0.25) is 0 Å². The van der Waals surface area contributed by atoms with Gasteiger partial charge >= 0.3 is 5.97 Å². The van der Waals surface area contributed by atoms with E-state index in [4.69, 9.17) is 9.84 Å². The average molecular weight is 314 g/mol. The molecule has 0 unspecified atom stereocenters. The Morgan fingerprint density at radius 2 is 2.11 bits per heavy atom. The van der Waals surface area contributed by atoms with Crippen LogP contribution in [0.4, 0.5) is 5.69 Å². The number of aromatic carboxylic acids is 1. The van der Waals surface area contributed by atoms with E-state index < -0.39 is 5.97 Å². The SMILES string of the molecule is COC1CCN(c2ccc(C(=O)O)c(Br)c2)CC1. The molecule has 0 atom stereocenters. The van der Waals surface area contributed by atoms with Crippen LogP contribution in [0.15, 0.2) is 22.7 Å². The van der Waals surface area contributed by atoms with E-state index >= 15 is 0 Å². The Hall–Kier alpha value is -1.07. The summed E-state index contributed by atoms with van der Waals surface area (Å²) in [6.07, 6.45) is 2.37. The molecular weight excluding hydrogens is 298 g/mol. The number of ether oxygens (including phenoxy) is 1. The third-order valence-corrected chi connectivity index (χ3v) is 3.98. The predicted molar refractivity (Wildman–Crippen MR) is 73.3 cm³/mol. The fourth-order valence-electron chi connectivity index (χ4n) is 2.22. The van der Waals surface area contributed by atoms with Gasteiger partial charge in [0.2, 0.25) is 0 Å². The summed E-state index contributed by atoms with van der Waals surface area (Å²) in [4.78, 5) is 13.2. The predicted octanol–water partition coefficient (Wildman–Crippen LogP) is 2.76. The lowest BCUT2D eigenvalue weighted by Gasteiger charge is -2.33. The number of halogens is 1. The Morgan fingerprint density at radius 3 is 2.61 bits per heavy atom. The molecule has 4 nitrogen and oxygen atoms in total. The van der Waals surface area contributed by atoms with E-state index in [1.807, 2.05) is 12.1 Å². The van der Waals surface area contributed by atoms with Gasteiger partial charge in [-0.1, -0.05) is 0 Å². The van der Waals surface area contributed by atoms with Crippen molar-refractivity contribution >= 4 is 27.6 Å². The second kappa shape index (κ2) is 5.71. The standard InChI is InChI=1S/C13H16BrNO3/c1-18-10-4-6-15(7-5-10)9-2-3-11(13(16)17)12(14)8-9/h2-3,8,10H,4-7H2,1H3,(H,16,17).